The first-order valence-corrected chi connectivity index (χ1v) is 25.7. The average molecular weight is 1390 g/mol. The van der Waals surface area contributed by atoms with Crippen LogP contribution in [-0.4, -0.2) is 110 Å². The summed E-state index contributed by atoms with van der Waals surface area (Å²) in [6.07, 6.45) is 3.33. The summed E-state index contributed by atoms with van der Waals surface area (Å²) in [7, 11) is 2.98. The number of aromatic hydroxyl groups is 2. The molecule has 454 valence electrons. The van der Waals surface area contributed by atoms with Crippen LogP contribution >= 0.6 is 69.6 Å². The molecule has 10 rings (SSSR count). The second-order valence-electron chi connectivity index (χ2n) is 15.0. The largest absolute Gasteiger partial charge is 1.00 e. The minimum atomic E-state index is -0.887. The molecule has 3 aromatic heterocycles. The van der Waals surface area contributed by atoms with Gasteiger partial charge in [-0.2, -0.15) is 23.7 Å². The number of ether oxygens (including phenoxy) is 5. The van der Waals surface area contributed by atoms with Gasteiger partial charge in [-0.15, -0.1) is 0 Å². The molecule has 88 heavy (non-hydrogen) atoms. The summed E-state index contributed by atoms with van der Waals surface area (Å²) in [5.41, 5.74) is 1.67. The monoisotopic (exact) mass is 1390 g/mol. The number of halogens is 9. The van der Waals surface area contributed by atoms with E-state index in [2.05, 4.69) is 55.3 Å². The Morgan fingerprint density at radius 3 is 1.34 bits per heavy atom. The molecule has 0 saturated heterocycles. The first-order chi connectivity index (χ1) is 41.1. The van der Waals surface area contributed by atoms with Gasteiger partial charge in [0.25, 0.3) is 35.9 Å². The zero-order valence-electron chi connectivity index (χ0n) is 46.4. The molecule has 5 heterocycles. The van der Waals surface area contributed by atoms with Crippen molar-refractivity contribution in [3.8, 4) is 46.4 Å². The number of aliphatic imine (C=N–C) groups is 1. The van der Waals surface area contributed by atoms with Crippen LogP contribution in [0.25, 0.3) is 0 Å². The number of phenols is 2. The normalized spacial score (nSPS) is 11.7. The predicted octanol–water partition coefficient (Wildman–Crippen LogP) is 6.61. The summed E-state index contributed by atoms with van der Waals surface area (Å²) in [5.74, 6) is -1.96. The standard InChI is InChI=1S/C21H16ClFN4O4.C11H12N2O4.C10H5Cl2FN2O.C6H5ClO.C4HCl2FN2.CH2O3.CH4.2K.H/c1-24-18(21-27-29-11-10-28-21)13-6-2-4-8-15(13)30-19-17(23)20(26-12-25-19)31-16-9-5-3-7-14(16)22;1-15-12-10(11-13-17-7-6-16-11)8-4-2-3-5-9(8)14;11-6-3-1-2-4-7(6)16-10-8(13)9(12)14-5-15-10;7-5-3-1-2-4-6(5)8;5-3-2(7)4(6)9-1-8-3;2-1-4-3;;;;/h2-9,12H,10-11H2,1H3;2-5,14H,6-7H2,1H3;1-5H;1-4,8H;1H;1,3H;1H4;;;/q;;;;;;;2*+1;-1/p-1/b;12-10+;;;;;;;;. The molecule has 0 saturated carbocycles. The molecule has 2 aliphatic rings. The van der Waals surface area contributed by atoms with Gasteiger partial charge >= 0.3 is 103 Å². The summed E-state index contributed by atoms with van der Waals surface area (Å²) in [6, 6.07) is 33.6. The van der Waals surface area contributed by atoms with Crippen molar-refractivity contribution in [2.24, 2.45) is 20.5 Å². The summed E-state index contributed by atoms with van der Waals surface area (Å²) in [6.45, 7) is 1.28. The Balaban J connectivity index is 0.000000585. The maximum atomic E-state index is 15.0. The molecule has 0 atom stereocenters. The van der Waals surface area contributed by atoms with Crippen LogP contribution in [0, 0.1) is 17.5 Å². The van der Waals surface area contributed by atoms with Gasteiger partial charge in [0.15, 0.2) is 40.2 Å². The van der Waals surface area contributed by atoms with Crippen molar-refractivity contribution in [2.45, 2.75) is 7.43 Å². The number of benzene rings is 5. The van der Waals surface area contributed by atoms with Gasteiger partial charge in [-0.1, -0.05) is 143 Å². The van der Waals surface area contributed by atoms with Crippen LogP contribution < -0.4 is 122 Å². The average Bonchev–Trinajstić information content (AvgIpc) is 3.25. The van der Waals surface area contributed by atoms with Gasteiger partial charge in [0.2, 0.25) is 11.6 Å². The number of rotatable bonds is 12. The fraction of sp³-hybridized carbons (Fsp3) is 0.130. The molecule has 0 unspecified atom stereocenters. The molecule has 0 spiro atoms. The number of phenolic OH excluding ortho intramolecular Hbond substituents is 2. The molecule has 0 aliphatic carbocycles. The van der Waals surface area contributed by atoms with Crippen molar-refractivity contribution in [2.75, 3.05) is 40.6 Å². The van der Waals surface area contributed by atoms with Crippen LogP contribution in [-0.2, 0) is 33.7 Å². The fourth-order valence-corrected chi connectivity index (χ4v) is 6.84. The summed E-state index contributed by atoms with van der Waals surface area (Å²) < 4.78 is 68.0. The number of hydrogen-bond donors (Lipinski definition) is 2. The predicted molar refractivity (Wildman–Crippen MR) is 311 cm³/mol. The number of aromatic nitrogens is 6. The molecule has 0 amide bonds. The number of para-hydroxylation sites is 5. The molecule has 34 heteroatoms. The molecule has 0 fully saturated rings. The van der Waals surface area contributed by atoms with Gasteiger partial charge < -0.3 is 60.0 Å². The minimum absolute atomic E-state index is 0. The van der Waals surface area contributed by atoms with Crippen molar-refractivity contribution >= 4 is 99.3 Å². The number of oxime groups is 3. The van der Waals surface area contributed by atoms with Crippen LogP contribution in [0.4, 0.5) is 13.2 Å². The van der Waals surface area contributed by atoms with E-state index in [0.29, 0.717) is 69.8 Å². The van der Waals surface area contributed by atoms with Gasteiger partial charge in [-0.3, -0.25) is 9.79 Å². The van der Waals surface area contributed by atoms with Crippen molar-refractivity contribution in [1.29, 1.82) is 0 Å². The molecular formula is C54H45Cl6F3K2N10O13. The van der Waals surface area contributed by atoms with E-state index in [9.17, 15) is 13.9 Å². The smallest absolute Gasteiger partial charge is 1.00 e. The van der Waals surface area contributed by atoms with Gasteiger partial charge in [-0.25, -0.2) is 19.3 Å². The summed E-state index contributed by atoms with van der Waals surface area (Å²) in [4.78, 5) is 51.7. The Kier molecular flexibility index (Phi) is 38.3. The second-order valence-corrected chi connectivity index (χ2v) is 17.3. The number of carbonyl (C=O) groups is 1. The van der Waals surface area contributed by atoms with Gasteiger partial charge in [0.05, 0.1) is 20.6 Å². The van der Waals surface area contributed by atoms with Crippen molar-refractivity contribution in [3.05, 3.63) is 199 Å². The Labute approximate surface area is 616 Å². The van der Waals surface area contributed by atoms with E-state index in [1.807, 2.05) is 0 Å². The number of hydrogen-bond acceptors (Lipinski definition) is 23. The Morgan fingerprint density at radius 2 is 0.932 bits per heavy atom. The van der Waals surface area contributed by atoms with Gasteiger partial charge in [0, 0.05) is 12.6 Å². The molecule has 0 bridgehead atoms. The third kappa shape index (κ3) is 25.3. The fourth-order valence-electron chi connectivity index (χ4n) is 5.92. The zero-order chi connectivity index (χ0) is 61.5. The van der Waals surface area contributed by atoms with E-state index in [4.69, 9.17) is 123 Å². The van der Waals surface area contributed by atoms with Crippen molar-refractivity contribution < 1.29 is 181 Å². The third-order valence-corrected chi connectivity index (χ3v) is 11.3. The molecular weight excluding hydrogens is 1340 g/mol. The Bertz CT molecular complexity index is 3590. The maximum Gasteiger partial charge on any atom is 1.00 e. The third-order valence-electron chi connectivity index (χ3n) is 9.56. The molecule has 5 aromatic carbocycles. The van der Waals surface area contributed by atoms with E-state index in [1.54, 1.807) is 128 Å². The van der Waals surface area contributed by atoms with E-state index < -0.39 is 17.5 Å². The van der Waals surface area contributed by atoms with Gasteiger partial charge in [0.1, 0.15) is 73.8 Å². The van der Waals surface area contributed by atoms with Crippen molar-refractivity contribution in [1.82, 2.24) is 29.9 Å². The molecule has 2 aliphatic heterocycles. The first-order valence-electron chi connectivity index (χ1n) is 23.4. The van der Waals surface area contributed by atoms with E-state index >= 15 is 4.39 Å². The molecule has 0 radical (unpaired) electrons. The summed E-state index contributed by atoms with van der Waals surface area (Å²) >= 11 is 33.3. The zero-order valence-corrected chi connectivity index (χ0v) is 56.2. The first kappa shape index (κ1) is 78.3. The van der Waals surface area contributed by atoms with Crippen molar-refractivity contribution in [3.63, 3.8) is 0 Å². The Morgan fingerprint density at radius 1 is 0.545 bits per heavy atom. The molecule has 23 nitrogen and oxygen atoms in total. The van der Waals surface area contributed by atoms with Crippen LogP contribution in [0.3, 0.4) is 0 Å². The van der Waals surface area contributed by atoms with E-state index in [1.165, 1.54) is 7.11 Å². The van der Waals surface area contributed by atoms with Crippen LogP contribution in [0.5, 0.6) is 46.4 Å². The van der Waals surface area contributed by atoms with Crippen LogP contribution in [0.1, 0.15) is 20.0 Å². The van der Waals surface area contributed by atoms with Crippen LogP contribution in [0.2, 0.25) is 30.5 Å². The Hall–Kier alpha value is -5.75. The maximum absolute atomic E-state index is 15.0. The SMILES string of the molecule is C.CN=C(C1=NOCCO1)c1ccccc1Oc1ncnc(Oc2ccccc2Cl)c1F.CO/N=C(/C1=NOCCO1)c1ccccc1O.Fc1c(Cl)ncnc1Cl.Fc1c(Cl)ncnc1Oc1ccccc1Cl.O=CO[O-].Oc1ccccc1Cl.[H-].[K+].[K+]. The quantitative estimate of drug-likeness (QED) is 0.0325. The second kappa shape index (κ2) is 43.1. The van der Waals surface area contributed by atoms with E-state index in [-0.39, 0.29) is 186 Å². The molecule has 2 N–H and O–H groups in total. The number of carbonyl (C=O) groups excluding carboxylic acids is 1. The number of nitrogens with zero attached hydrogens (tertiary/aromatic N) is 10. The van der Waals surface area contributed by atoms with E-state index in [0.717, 1.165) is 19.0 Å². The minimum Gasteiger partial charge on any atom is -1.00 e. The topological polar surface area (TPSA) is 290 Å². The van der Waals surface area contributed by atoms with Gasteiger partial charge in [-0.05, 0) is 71.0 Å². The molecule has 8 aromatic rings. The van der Waals surface area contributed by atoms with Crippen LogP contribution in [0.15, 0.2) is 161 Å². The summed E-state index contributed by atoms with van der Waals surface area (Å²) in [5, 5.41) is 38.7.